The molecular weight excluding hydrogens is 410 g/mol. The van der Waals surface area contributed by atoms with Gasteiger partial charge in [-0.3, -0.25) is 0 Å². The maximum Gasteiger partial charge on any atom is 0.205 e. The number of aryl methyl sites for hydroxylation is 1. The molecule has 0 fully saturated rings. The smallest absolute Gasteiger partial charge is 0.205 e. The van der Waals surface area contributed by atoms with Gasteiger partial charge in [-0.15, -0.1) is 0 Å². The van der Waals surface area contributed by atoms with Gasteiger partial charge in [0.25, 0.3) is 0 Å². The summed E-state index contributed by atoms with van der Waals surface area (Å²) in [6.45, 7) is 3.35. The Balaban J connectivity index is 0.00000392. The van der Waals surface area contributed by atoms with E-state index in [9.17, 15) is 5.11 Å². The summed E-state index contributed by atoms with van der Waals surface area (Å²) in [4.78, 5) is 0. The fourth-order valence-electron chi connectivity index (χ4n) is 3.38. The van der Waals surface area contributed by atoms with Crippen molar-refractivity contribution in [2.24, 2.45) is 0 Å². The van der Waals surface area contributed by atoms with Crippen molar-refractivity contribution in [2.75, 3.05) is 0 Å². The van der Waals surface area contributed by atoms with Crippen molar-refractivity contribution in [1.82, 2.24) is 0 Å². The van der Waals surface area contributed by atoms with Crippen LogP contribution >= 0.6 is 0 Å². The first kappa shape index (κ1) is 24.4. The first-order valence-corrected chi connectivity index (χ1v) is 10.7. The quantitative estimate of drug-likeness (QED) is 0.368. The number of unbranched alkanes of at least 4 members (excludes halogenated alkanes) is 9. The summed E-state index contributed by atoms with van der Waals surface area (Å²) in [6, 6.07) is 13.7. The van der Waals surface area contributed by atoms with Gasteiger partial charge >= 0.3 is 0 Å². The number of phenols is 1. The molecule has 0 saturated heterocycles. The highest BCUT2D eigenvalue weighted by Crippen LogP contribution is 2.13. The Morgan fingerprint density at radius 2 is 1.36 bits per heavy atom. The molecule has 0 amide bonds. The van der Waals surface area contributed by atoms with Gasteiger partial charge in [-0.05, 0) is 36.3 Å². The standard InChI is InChI=1S/C25H35NO.BrH/c1-2-3-4-5-6-7-8-9-10-12-21-26-22-13-11-14-24(26)18-15-23-16-19-25(27)20-17-23;/h11,13-20,22H,2-10,12,21H2,1H3;1H. The van der Waals surface area contributed by atoms with E-state index in [0.29, 0.717) is 5.75 Å². The number of aromatic nitrogens is 1. The average molecular weight is 446 g/mol. The van der Waals surface area contributed by atoms with Crippen molar-refractivity contribution < 1.29 is 26.7 Å². The molecule has 0 spiro atoms. The summed E-state index contributed by atoms with van der Waals surface area (Å²) in [7, 11) is 0. The SMILES string of the molecule is CCCCCCCCCCCC[n+]1ccccc1/C=C/c1ccc(O)cc1.[Br-]. The van der Waals surface area contributed by atoms with Crippen LogP contribution in [0.25, 0.3) is 12.2 Å². The fraction of sp³-hybridized carbons (Fsp3) is 0.480. The number of rotatable bonds is 13. The Bertz CT molecular complexity index is 667. The lowest BCUT2D eigenvalue weighted by atomic mass is 10.1. The lowest BCUT2D eigenvalue weighted by molar-refractivity contribution is -0.699. The third-order valence-corrected chi connectivity index (χ3v) is 5.07. The zero-order valence-electron chi connectivity index (χ0n) is 17.3. The maximum atomic E-state index is 9.38. The van der Waals surface area contributed by atoms with Crippen LogP contribution in [0.5, 0.6) is 5.75 Å². The van der Waals surface area contributed by atoms with Gasteiger partial charge < -0.3 is 22.1 Å². The number of halogens is 1. The van der Waals surface area contributed by atoms with Crippen LogP contribution in [0.4, 0.5) is 0 Å². The molecule has 1 aromatic carbocycles. The first-order chi connectivity index (χ1) is 13.3. The molecule has 0 radical (unpaired) electrons. The van der Waals surface area contributed by atoms with Crippen LogP contribution in [0.1, 0.15) is 82.4 Å². The molecule has 1 aromatic heterocycles. The number of hydrogen-bond acceptors (Lipinski definition) is 1. The van der Waals surface area contributed by atoms with Crippen molar-refractivity contribution >= 4 is 12.2 Å². The molecular formula is C25H36BrNO. The summed E-state index contributed by atoms with van der Waals surface area (Å²) < 4.78 is 2.33. The molecule has 0 saturated carbocycles. The van der Waals surface area contributed by atoms with Crippen molar-refractivity contribution in [2.45, 2.75) is 77.7 Å². The number of pyridine rings is 1. The molecule has 3 heteroatoms. The Hall–Kier alpha value is -1.61. The molecule has 1 heterocycles. The third-order valence-electron chi connectivity index (χ3n) is 5.07. The number of aromatic hydroxyl groups is 1. The van der Waals surface area contributed by atoms with Gasteiger partial charge in [-0.2, -0.15) is 4.57 Å². The first-order valence-electron chi connectivity index (χ1n) is 10.7. The van der Waals surface area contributed by atoms with E-state index >= 15 is 0 Å². The van der Waals surface area contributed by atoms with Gasteiger partial charge in [0.15, 0.2) is 6.20 Å². The summed E-state index contributed by atoms with van der Waals surface area (Å²) in [6.07, 6.45) is 20.1. The second kappa shape index (κ2) is 15.3. The Labute approximate surface area is 182 Å². The fourth-order valence-corrected chi connectivity index (χ4v) is 3.38. The number of phenolic OH excluding ortho intramolecular Hbond substituents is 1. The van der Waals surface area contributed by atoms with Crippen LogP contribution < -0.4 is 21.5 Å². The Kier molecular flexibility index (Phi) is 13.4. The van der Waals surface area contributed by atoms with E-state index in [0.717, 1.165) is 12.1 Å². The van der Waals surface area contributed by atoms with Crippen molar-refractivity contribution in [3.63, 3.8) is 0 Å². The zero-order valence-corrected chi connectivity index (χ0v) is 18.9. The van der Waals surface area contributed by atoms with Gasteiger partial charge in [0.2, 0.25) is 5.69 Å². The molecule has 0 atom stereocenters. The van der Waals surface area contributed by atoms with E-state index in [1.807, 2.05) is 12.1 Å². The van der Waals surface area contributed by atoms with Crippen LogP contribution in [0.3, 0.4) is 0 Å². The molecule has 0 aliphatic heterocycles. The van der Waals surface area contributed by atoms with Crippen molar-refractivity contribution in [1.29, 1.82) is 0 Å². The summed E-state index contributed by atoms with van der Waals surface area (Å²) in [5, 5.41) is 9.38. The Morgan fingerprint density at radius 1 is 0.750 bits per heavy atom. The van der Waals surface area contributed by atoms with Crippen LogP contribution in [0.15, 0.2) is 48.7 Å². The highest BCUT2D eigenvalue weighted by Gasteiger charge is 2.06. The molecule has 154 valence electrons. The second-order valence-corrected chi connectivity index (χ2v) is 7.43. The van der Waals surface area contributed by atoms with Crippen molar-refractivity contribution in [3.8, 4) is 5.75 Å². The lowest BCUT2D eigenvalue weighted by Crippen LogP contribution is -3.00. The van der Waals surface area contributed by atoms with E-state index in [-0.39, 0.29) is 17.0 Å². The molecule has 1 N–H and O–H groups in total. The molecule has 2 rings (SSSR count). The van der Waals surface area contributed by atoms with Crippen LogP contribution in [0, 0.1) is 0 Å². The predicted octanol–water partition coefficient (Wildman–Crippen LogP) is 3.78. The van der Waals surface area contributed by atoms with Gasteiger partial charge in [-0.1, -0.05) is 70.4 Å². The van der Waals surface area contributed by atoms with Gasteiger partial charge in [0.1, 0.15) is 12.3 Å². The highest BCUT2D eigenvalue weighted by atomic mass is 79.9. The molecule has 0 aliphatic carbocycles. The molecule has 28 heavy (non-hydrogen) atoms. The second-order valence-electron chi connectivity index (χ2n) is 7.43. The van der Waals surface area contributed by atoms with Crippen LogP contribution in [-0.4, -0.2) is 5.11 Å². The van der Waals surface area contributed by atoms with E-state index in [1.54, 1.807) is 12.1 Å². The van der Waals surface area contributed by atoms with Gasteiger partial charge in [0.05, 0.1) is 0 Å². The number of benzene rings is 1. The molecule has 2 aromatic rings. The highest BCUT2D eigenvalue weighted by molar-refractivity contribution is 5.67. The summed E-state index contributed by atoms with van der Waals surface area (Å²) in [5.41, 5.74) is 2.32. The summed E-state index contributed by atoms with van der Waals surface area (Å²) in [5.74, 6) is 0.308. The number of nitrogens with zero attached hydrogens (tertiary/aromatic N) is 1. The lowest BCUT2D eigenvalue weighted by Gasteiger charge is -2.03. The zero-order chi connectivity index (χ0) is 19.2. The molecule has 0 unspecified atom stereocenters. The molecule has 2 nitrogen and oxygen atoms in total. The third kappa shape index (κ3) is 10.1. The average Bonchev–Trinajstić information content (AvgIpc) is 2.70. The monoisotopic (exact) mass is 445 g/mol. The van der Waals surface area contributed by atoms with E-state index in [4.69, 9.17) is 0 Å². The van der Waals surface area contributed by atoms with E-state index < -0.39 is 0 Å². The normalized spacial score (nSPS) is 10.9. The van der Waals surface area contributed by atoms with E-state index in [2.05, 4.69) is 48.0 Å². The van der Waals surface area contributed by atoms with Crippen LogP contribution in [0.2, 0.25) is 0 Å². The summed E-state index contributed by atoms with van der Waals surface area (Å²) >= 11 is 0. The Morgan fingerprint density at radius 3 is 2.00 bits per heavy atom. The predicted molar refractivity (Wildman–Crippen MR) is 116 cm³/mol. The molecule has 0 bridgehead atoms. The minimum Gasteiger partial charge on any atom is -1.00 e. The van der Waals surface area contributed by atoms with Gasteiger partial charge in [0, 0.05) is 24.6 Å². The topological polar surface area (TPSA) is 24.1 Å². The minimum absolute atomic E-state index is 0. The molecule has 0 aliphatic rings. The number of hydrogen-bond donors (Lipinski definition) is 1. The van der Waals surface area contributed by atoms with E-state index in [1.165, 1.54) is 69.9 Å². The van der Waals surface area contributed by atoms with Crippen molar-refractivity contribution in [3.05, 3.63) is 59.9 Å². The minimum atomic E-state index is 0. The van der Waals surface area contributed by atoms with Crippen LogP contribution in [-0.2, 0) is 6.54 Å². The largest absolute Gasteiger partial charge is 1.00 e. The maximum absolute atomic E-state index is 9.38. The van der Waals surface area contributed by atoms with Gasteiger partial charge in [-0.25, -0.2) is 0 Å².